The number of hydrogen-bond donors (Lipinski definition) is 2. The van der Waals surface area contributed by atoms with Crippen LogP contribution in [0.25, 0.3) is 0 Å². The summed E-state index contributed by atoms with van der Waals surface area (Å²) >= 11 is 5.14. The SMILES string of the molecule is O=C(CCCc1ccc(Br)s1)NC1CC(O)C1. The molecule has 1 fully saturated rings. The topological polar surface area (TPSA) is 49.3 Å². The molecular formula is C12H16BrNO2S. The first kappa shape index (κ1) is 13.1. The van der Waals surface area contributed by atoms with E-state index in [-0.39, 0.29) is 18.1 Å². The molecule has 2 rings (SSSR count). The summed E-state index contributed by atoms with van der Waals surface area (Å²) in [7, 11) is 0. The van der Waals surface area contributed by atoms with E-state index in [1.165, 1.54) is 4.88 Å². The second-order valence-corrected chi connectivity index (χ2v) is 7.00. The molecule has 0 aromatic carbocycles. The second kappa shape index (κ2) is 5.98. The first-order valence-electron chi connectivity index (χ1n) is 5.85. The van der Waals surface area contributed by atoms with E-state index in [1.807, 2.05) is 6.07 Å². The van der Waals surface area contributed by atoms with Crippen molar-refractivity contribution in [2.45, 2.75) is 44.2 Å². The summed E-state index contributed by atoms with van der Waals surface area (Å²) < 4.78 is 1.14. The van der Waals surface area contributed by atoms with Crippen LogP contribution in [0.4, 0.5) is 0 Å². The number of hydrogen-bond acceptors (Lipinski definition) is 3. The Morgan fingerprint density at radius 3 is 2.88 bits per heavy atom. The molecule has 1 amide bonds. The van der Waals surface area contributed by atoms with Crippen LogP contribution < -0.4 is 5.32 Å². The van der Waals surface area contributed by atoms with Gasteiger partial charge in [-0.05, 0) is 53.7 Å². The quantitative estimate of drug-likeness (QED) is 0.876. The maximum absolute atomic E-state index is 11.5. The fourth-order valence-electron chi connectivity index (χ4n) is 1.91. The lowest BCUT2D eigenvalue weighted by molar-refractivity contribution is -0.123. The lowest BCUT2D eigenvalue weighted by Gasteiger charge is -2.31. The standard InChI is InChI=1S/C12H16BrNO2S/c13-11-5-4-10(17-11)2-1-3-12(16)14-8-6-9(15)7-8/h4-5,8-9,15H,1-3,6-7H2,(H,14,16). The van der Waals surface area contributed by atoms with Gasteiger partial charge in [-0.2, -0.15) is 0 Å². The maximum Gasteiger partial charge on any atom is 0.220 e. The molecular weight excluding hydrogens is 302 g/mol. The summed E-state index contributed by atoms with van der Waals surface area (Å²) in [5.74, 6) is 0.109. The lowest BCUT2D eigenvalue weighted by Crippen LogP contribution is -2.46. The molecule has 0 spiro atoms. The van der Waals surface area contributed by atoms with Gasteiger partial charge < -0.3 is 10.4 Å². The number of nitrogens with one attached hydrogen (secondary N) is 1. The molecule has 1 aliphatic rings. The molecule has 17 heavy (non-hydrogen) atoms. The number of aliphatic hydroxyl groups excluding tert-OH is 1. The predicted molar refractivity (Wildman–Crippen MR) is 72.1 cm³/mol. The van der Waals surface area contributed by atoms with E-state index < -0.39 is 0 Å². The molecule has 1 heterocycles. The van der Waals surface area contributed by atoms with Crippen LogP contribution in [0.15, 0.2) is 15.9 Å². The second-order valence-electron chi connectivity index (χ2n) is 4.45. The fourth-order valence-corrected chi connectivity index (χ4v) is 3.44. The van der Waals surface area contributed by atoms with Gasteiger partial charge in [-0.15, -0.1) is 11.3 Å². The van der Waals surface area contributed by atoms with E-state index in [2.05, 4.69) is 27.3 Å². The molecule has 0 radical (unpaired) electrons. The number of carbonyl (C=O) groups excluding carboxylic acids is 1. The number of carbonyl (C=O) groups is 1. The Morgan fingerprint density at radius 2 is 2.29 bits per heavy atom. The van der Waals surface area contributed by atoms with Crippen molar-refractivity contribution in [3.05, 3.63) is 20.8 Å². The van der Waals surface area contributed by atoms with Crippen LogP contribution in [0.5, 0.6) is 0 Å². The first-order valence-corrected chi connectivity index (χ1v) is 7.46. The molecule has 0 atom stereocenters. The average molecular weight is 318 g/mol. The number of aliphatic hydroxyl groups is 1. The Labute approximate surface area is 113 Å². The smallest absolute Gasteiger partial charge is 0.220 e. The van der Waals surface area contributed by atoms with Crippen molar-refractivity contribution in [3.8, 4) is 0 Å². The normalized spacial score (nSPS) is 23.2. The zero-order valence-corrected chi connectivity index (χ0v) is 11.9. The Balaban J connectivity index is 1.60. The van der Waals surface area contributed by atoms with Crippen LogP contribution >= 0.6 is 27.3 Å². The summed E-state index contributed by atoms with van der Waals surface area (Å²) in [6.07, 6.45) is 3.63. The highest BCUT2D eigenvalue weighted by Crippen LogP contribution is 2.23. The molecule has 94 valence electrons. The van der Waals surface area contributed by atoms with Gasteiger partial charge in [0.05, 0.1) is 9.89 Å². The Kier molecular flexibility index (Phi) is 4.59. The van der Waals surface area contributed by atoms with Gasteiger partial charge in [-0.25, -0.2) is 0 Å². The molecule has 0 unspecified atom stereocenters. The largest absolute Gasteiger partial charge is 0.393 e. The number of halogens is 1. The van der Waals surface area contributed by atoms with Crippen LogP contribution in [0.1, 0.15) is 30.6 Å². The van der Waals surface area contributed by atoms with E-state index >= 15 is 0 Å². The molecule has 1 aromatic heterocycles. The van der Waals surface area contributed by atoms with Gasteiger partial charge in [-0.1, -0.05) is 0 Å². The van der Waals surface area contributed by atoms with E-state index in [0.29, 0.717) is 19.3 Å². The van der Waals surface area contributed by atoms with Crippen molar-refractivity contribution < 1.29 is 9.90 Å². The van der Waals surface area contributed by atoms with Gasteiger partial charge in [0.1, 0.15) is 0 Å². The third kappa shape index (κ3) is 4.08. The van der Waals surface area contributed by atoms with Crippen molar-refractivity contribution in [1.29, 1.82) is 0 Å². The summed E-state index contributed by atoms with van der Waals surface area (Å²) in [6, 6.07) is 4.33. The third-order valence-electron chi connectivity index (χ3n) is 2.93. The van der Waals surface area contributed by atoms with E-state index in [4.69, 9.17) is 5.11 Å². The van der Waals surface area contributed by atoms with Crippen molar-refractivity contribution in [3.63, 3.8) is 0 Å². The number of aryl methyl sites for hydroxylation is 1. The van der Waals surface area contributed by atoms with E-state index in [1.54, 1.807) is 11.3 Å². The van der Waals surface area contributed by atoms with Crippen molar-refractivity contribution in [1.82, 2.24) is 5.32 Å². The monoisotopic (exact) mass is 317 g/mol. The van der Waals surface area contributed by atoms with E-state index in [9.17, 15) is 4.79 Å². The summed E-state index contributed by atoms with van der Waals surface area (Å²) in [5.41, 5.74) is 0. The van der Waals surface area contributed by atoms with Gasteiger partial charge >= 0.3 is 0 Å². The van der Waals surface area contributed by atoms with Crippen molar-refractivity contribution in [2.75, 3.05) is 0 Å². The molecule has 1 aliphatic carbocycles. The molecule has 5 heteroatoms. The Morgan fingerprint density at radius 1 is 1.53 bits per heavy atom. The fraction of sp³-hybridized carbons (Fsp3) is 0.583. The highest BCUT2D eigenvalue weighted by molar-refractivity contribution is 9.11. The van der Waals surface area contributed by atoms with Gasteiger partial charge in [0.25, 0.3) is 0 Å². The van der Waals surface area contributed by atoms with Gasteiger partial charge in [-0.3, -0.25) is 4.79 Å². The highest BCUT2D eigenvalue weighted by Gasteiger charge is 2.27. The zero-order chi connectivity index (χ0) is 12.3. The third-order valence-corrected chi connectivity index (χ3v) is 4.62. The van der Waals surface area contributed by atoms with Crippen molar-refractivity contribution in [2.24, 2.45) is 0 Å². The molecule has 0 saturated heterocycles. The minimum atomic E-state index is -0.205. The average Bonchev–Trinajstić information content (AvgIpc) is 2.62. The summed E-state index contributed by atoms with van der Waals surface area (Å²) in [6.45, 7) is 0. The zero-order valence-electron chi connectivity index (χ0n) is 9.49. The van der Waals surface area contributed by atoms with Crippen LogP contribution in [0, 0.1) is 0 Å². The van der Waals surface area contributed by atoms with Crippen LogP contribution in [0.3, 0.4) is 0 Å². The van der Waals surface area contributed by atoms with Crippen LogP contribution in [-0.4, -0.2) is 23.2 Å². The minimum absolute atomic E-state index is 0.109. The lowest BCUT2D eigenvalue weighted by atomic mass is 9.89. The summed E-state index contributed by atoms with van der Waals surface area (Å²) in [4.78, 5) is 12.9. The molecule has 0 aliphatic heterocycles. The molecule has 1 saturated carbocycles. The molecule has 0 bridgehead atoms. The first-order chi connectivity index (χ1) is 8.13. The molecule has 2 N–H and O–H groups in total. The van der Waals surface area contributed by atoms with Gasteiger partial charge in [0.2, 0.25) is 5.91 Å². The Hall–Kier alpha value is -0.390. The van der Waals surface area contributed by atoms with Crippen molar-refractivity contribution >= 4 is 33.2 Å². The maximum atomic E-state index is 11.5. The number of rotatable bonds is 5. The highest BCUT2D eigenvalue weighted by atomic mass is 79.9. The molecule has 3 nitrogen and oxygen atoms in total. The Bertz CT molecular complexity index is 388. The van der Waals surface area contributed by atoms with E-state index in [0.717, 1.165) is 16.6 Å². The number of thiophene rings is 1. The van der Waals surface area contributed by atoms with Gasteiger partial charge in [0, 0.05) is 17.3 Å². The van der Waals surface area contributed by atoms with Crippen LogP contribution in [-0.2, 0) is 11.2 Å². The number of amides is 1. The van der Waals surface area contributed by atoms with Crippen LogP contribution in [0.2, 0.25) is 0 Å². The predicted octanol–water partition coefficient (Wildman–Crippen LogP) is 2.47. The summed E-state index contributed by atoms with van der Waals surface area (Å²) in [5, 5.41) is 12.0. The molecule has 1 aromatic rings. The minimum Gasteiger partial charge on any atom is -0.393 e. The van der Waals surface area contributed by atoms with Gasteiger partial charge in [0.15, 0.2) is 0 Å².